The van der Waals surface area contributed by atoms with Gasteiger partial charge in [0.25, 0.3) is 5.91 Å². The third kappa shape index (κ3) is 3.63. The molecule has 0 atom stereocenters. The zero-order valence-corrected chi connectivity index (χ0v) is 19.0. The van der Waals surface area contributed by atoms with Crippen molar-refractivity contribution in [3.05, 3.63) is 48.4 Å². The lowest BCUT2D eigenvalue weighted by molar-refractivity contribution is 0.0740. The number of fused-ring (bicyclic) bond motifs is 1. The molecule has 0 radical (unpaired) electrons. The Morgan fingerprint density at radius 1 is 1.06 bits per heavy atom. The summed E-state index contributed by atoms with van der Waals surface area (Å²) in [6, 6.07) is 8.21. The van der Waals surface area contributed by atoms with Crippen LogP contribution in [-0.4, -0.2) is 78.8 Å². The Morgan fingerprint density at radius 2 is 1.81 bits per heavy atom. The monoisotopic (exact) mass is 454 g/mol. The van der Waals surface area contributed by atoms with E-state index in [1.807, 2.05) is 17.2 Å². The van der Waals surface area contributed by atoms with Gasteiger partial charge in [-0.25, -0.2) is 22.7 Å². The SMILES string of the molecule is CN(C)S(=O)(=O)c1ccc(C(=O)N2CCN(c3ncnc4[nH]ccc34)CC3(CC3)C2)cc1. The molecule has 32 heavy (non-hydrogen) atoms. The fourth-order valence-corrected chi connectivity index (χ4v) is 5.28. The maximum atomic E-state index is 13.3. The Morgan fingerprint density at radius 3 is 2.50 bits per heavy atom. The number of benzene rings is 1. The molecule has 1 aliphatic carbocycles. The van der Waals surface area contributed by atoms with Crippen molar-refractivity contribution >= 4 is 32.8 Å². The first-order chi connectivity index (χ1) is 15.3. The number of hydrogen-bond donors (Lipinski definition) is 1. The molecule has 10 heteroatoms. The van der Waals surface area contributed by atoms with E-state index < -0.39 is 10.0 Å². The number of nitrogens with zero attached hydrogens (tertiary/aromatic N) is 5. The Hall–Kier alpha value is -2.98. The quantitative estimate of drug-likeness (QED) is 0.647. The zero-order valence-electron chi connectivity index (χ0n) is 18.2. The number of nitrogens with one attached hydrogen (secondary N) is 1. The van der Waals surface area contributed by atoms with Crippen LogP contribution < -0.4 is 4.90 Å². The highest BCUT2D eigenvalue weighted by Crippen LogP contribution is 2.48. The van der Waals surface area contributed by atoms with E-state index in [0.717, 1.165) is 36.2 Å². The number of amides is 1. The standard InChI is InChI=1S/C22H26N6O3S/c1-26(2)32(30,31)17-5-3-16(4-6-17)21(29)28-12-11-27(13-22(14-28)8-9-22)20-18-7-10-23-19(18)24-15-25-20/h3-7,10,15H,8-9,11-14H2,1-2H3,(H,23,24,25). The van der Waals surface area contributed by atoms with E-state index in [-0.39, 0.29) is 16.2 Å². The molecule has 9 nitrogen and oxygen atoms in total. The van der Waals surface area contributed by atoms with E-state index in [2.05, 4.69) is 19.9 Å². The Labute approximate surface area is 187 Å². The molecule has 0 bridgehead atoms. The summed E-state index contributed by atoms with van der Waals surface area (Å²) in [5, 5.41) is 0.987. The second-order valence-electron chi connectivity index (χ2n) is 8.90. The second-order valence-corrected chi connectivity index (χ2v) is 11.0. The van der Waals surface area contributed by atoms with E-state index in [1.165, 1.54) is 30.5 Å². The highest BCUT2D eigenvalue weighted by molar-refractivity contribution is 7.89. The third-order valence-electron chi connectivity index (χ3n) is 6.45. The first-order valence-corrected chi connectivity index (χ1v) is 12.1. The average Bonchev–Trinajstić information content (AvgIpc) is 3.43. The molecule has 0 unspecified atom stereocenters. The number of H-pyrrole nitrogens is 1. The van der Waals surface area contributed by atoms with Gasteiger partial charge in [-0.3, -0.25) is 4.79 Å². The second kappa shape index (κ2) is 7.56. The van der Waals surface area contributed by atoms with Crippen LogP contribution in [0.4, 0.5) is 5.82 Å². The first kappa shape index (κ1) is 20.9. The molecule has 2 aliphatic rings. The van der Waals surface area contributed by atoms with Gasteiger partial charge in [-0.2, -0.15) is 0 Å². The predicted molar refractivity (Wildman–Crippen MR) is 121 cm³/mol. The molecule has 2 aromatic heterocycles. The van der Waals surface area contributed by atoms with Crippen LogP contribution in [0.25, 0.3) is 11.0 Å². The topological polar surface area (TPSA) is 102 Å². The molecule has 3 aromatic rings. The van der Waals surface area contributed by atoms with Gasteiger partial charge in [0.1, 0.15) is 17.8 Å². The summed E-state index contributed by atoms with van der Waals surface area (Å²) in [4.78, 5) is 29.6. The average molecular weight is 455 g/mol. The zero-order chi connectivity index (χ0) is 22.5. The molecule has 1 spiro atoms. The molecule has 1 aliphatic heterocycles. The van der Waals surface area contributed by atoms with Crippen LogP contribution in [0.1, 0.15) is 23.2 Å². The van der Waals surface area contributed by atoms with E-state index in [4.69, 9.17) is 0 Å². The third-order valence-corrected chi connectivity index (χ3v) is 8.28. The van der Waals surface area contributed by atoms with Gasteiger partial charge in [0.2, 0.25) is 10.0 Å². The van der Waals surface area contributed by atoms with Gasteiger partial charge in [-0.15, -0.1) is 0 Å². The fraction of sp³-hybridized carbons (Fsp3) is 0.409. The van der Waals surface area contributed by atoms with Gasteiger partial charge in [-0.05, 0) is 43.2 Å². The van der Waals surface area contributed by atoms with Crippen LogP contribution in [0.2, 0.25) is 0 Å². The molecule has 5 rings (SSSR count). The minimum atomic E-state index is -3.52. The van der Waals surface area contributed by atoms with Crippen LogP contribution in [-0.2, 0) is 10.0 Å². The Kier molecular flexibility index (Phi) is 4.94. The molecule has 1 amide bonds. The van der Waals surface area contributed by atoms with E-state index >= 15 is 0 Å². The molecule has 2 fully saturated rings. The van der Waals surface area contributed by atoms with E-state index in [1.54, 1.807) is 18.5 Å². The largest absolute Gasteiger partial charge is 0.354 e. The first-order valence-electron chi connectivity index (χ1n) is 10.6. The molecule has 1 N–H and O–H groups in total. The Bertz CT molecular complexity index is 1260. The summed E-state index contributed by atoms with van der Waals surface area (Å²) in [7, 11) is -0.540. The smallest absolute Gasteiger partial charge is 0.253 e. The van der Waals surface area contributed by atoms with Crippen LogP contribution in [0, 0.1) is 5.41 Å². The minimum Gasteiger partial charge on any atom is -0.354 e. The number of carbonyl (C=O) groups excluding carboxylic acids is 1. The fourth-order valence-electron chi connectivity index (χ4n) is 4.38. The van der Waals surface area contributed by atoms with Crippen molar-refractivity contribution in [2.45, 2.75) is 17.7 Å². The summed E-state index contributed by atoms with van der Waals surface area (Å²) >= 11 is 0. The van der Waals surface area contributed by atoms with Gasteiger partial charge in [0.05, 0.1) is 10.3 Å². The molecular formula is C22H26N6O3S. The molecular weight excluding hydrogens is 428 g/mol. The van der Waals surface area contributed by atoms with Crippen molar-refractivity contribution in [3.63, 3.8) is 0 Å². The number of carbonyl (C=O) groups is 1. The normalized spacial score (nSPS) is 18.3. The molecule has 1 saturated carbocycles. The van der Waals surface area contributed by atoms with Crippen molar-refractivity contribution in [2.24, 2.45) is 5.41 Å². The number of aromatic amines is 1. The molecule has 1 saturated heterocycles. The predicted octanol–water partition coefficient (Wildman–Crippen LogP) is 1.95. The van der Waals surface area contributed by atoms with Gasteiger partial charge in [0.15, 0.2) is 0 Å². The van der Waals surface area contributed by atoms with Gasteiger partial charge in [-0.1, -0.05) is 0 Å². The lowest BCUT2D eigenvalue weighted by atomic mass is 10.1. The highest BCUT2D eigenvalue weighted by atomic mass is 32.2. The van der Waals surface area contributed by atoms with Gasteiger partial charge in [0, 0.05) is 57.4 Å². The van der Waals surface area contributed by atoms with Crippen molar-refractivity contribution in [1.29, 1.82) is 0 Å². The molecule has 168 valence electrons. The summed E-state index contributed by atoms with van der Waals surface area (Å²) in [5.41, 5.74) is 1.39. The van der Waals surface area contributed by atoms with E-state index in [0.29, 0.717) is 25.2 Å². The maximum absolute atomic E-state index is 13.3. The minimum absolute atomic E-state index is 0.0681. The lowest BCUT2D eigenvalue weighted by Crippen LogP contribution is -2.36. The Balaban J connectivity index is 1.38. The van der Waals surface area contributed by atoms with Crippen molar-refractivity contribution in [2.75, 3.05) is 45.2 Å². The number of sulfonamides is 1. The summed E-state index contributed by atoms with van der Waals surface area (Å²) < 4.78 is 25.8. The van der Waals surface area contributed by atoms with Crippen LogP contribution in [0.15, 0.2) is 47.8 Å². The van der Waals surface area contributed by atoms with Crippen LogP contribution >= 0.6 is 0 Å². The van der Waals surface area contributed by atoms with Crippen LogP contribution in [0.3, 0.4) is 0 Å². The van der Waals surface area contributed by atoms with Gasteiger partial charge >= 0.3 is 0 Å². The summed E-state index contributed by atoms with van der Waals surface area (Å²) in [6.45, 7) is 2.81. The summed E-state index contributed by atoms with van der Waals surface area (Å²) in [5.74, 6) is 0.830. The van der Waals surface area contributed by atoms with Crippen molar-refractivity contribution in [1.82, 2.24) is 24.2 Å². The number of anilines is 1. The molecule has 3 heterocycles. The van der Waals surface area contributed by atoms with E-state index in [9.17, 15) is 13.2 Å². The van der Waals surface area contributed by atoms with Crippen molar-refractivity contribution in [3.8, 4) is 0 Å². The van der Waals surface area contributed by atoms with Crippen LogP contribution in [0.5, 0.6) is 0 Å². The number of rotatable bonds is 4. The summed E-state index contributed by atoms with van der Waals surface area (Å²) in [6.07, 6.45) is 5.59. The van der Waals surface area contributed by atoms with Crippen molar-refractivity contribution < 1.29 is 13.2 Å². The maximum Gasteiger partial charge on any atom is 0.253 e. The number of aromatic nitrogens is 3. The molecule has 1 aromatic carbocycles. The number of hydrogen-bond acceptors (Lipinski definition) is 6. The van der Waals surface area contributed by atoms with Gasteiger partial charge < -0.3 is 14.8 Å². The highest BCUT2D eigenvalue weighted by Gasteiger charge is 2.48. The lowest BCUT2D eigenvalue weighted by Gasteiger charge is -2.25.